The van der Waals surface area contributed by atoms with Crippen LogP contribution in [0.3, 0.4) is 0 Å². The van der Waals surface area contributed by atoms with E-state index in [1.165, 1.54) is 25.3 Å². The fourth-order valence-corrected chi connectivity index (χ4v) is 1.67. The van der Waals surface area contributed by atoms with Crippen LogP contribution >= 0.6 is 0 Å². The molecule has 0 bridgehead atoms. The minimum Gasteiger partial charge on any atom is -0.508 e. The predicted molar refractivity (Wildman–Crippen MR) is 66.7 cm³/mol. The van der Waals surface area contributed by atoms with Crippen molar-refractivity contribution in [2.75, 3.05) is 7.11 Å². The summed E-state index contributed by atoms with van der Waals surface area (Å²) in [5.41, 5.74) is 1.13. The van der Waals surface area contributed by atoms with Crippen molar-refractivity contribution in [3.05, 3.63) is 52.6 Å². The van der Waals surface area contributed by atoms with Gasteiger partial charge >= 0.3 is 0 Å². The van der Waals surface area contributed by atoms with E-state index >= 15 is 0 Å². The zero-order valence-electron chi connectivity index (χ0n) is 9.66. The van der Waals surface area contributed by atoms with Crippen LogP contribution in [0, 0.1) is 10.1 Å². The zero-order valence-corrected chi connectivity index (χ0v) is 9.66. The van der Waals surface area contributed by atoms with Gasteiger partial charge in [0.05, 0.1) is 23.7 Å². The maximum Gasteiger partial charge on any atom is 0.280 e. The van der Waals surface area contributed by atoms with Crippen LogP contribution in [0.25, 0.3) is 11.1 Å². The number of aromatic hydroxyl groups is 1. The number of benzene rings is 2. The smallest absolute Gasteiger partial charge is 0.280 e. The first-order valence-electron chi connectivity index (χ1n) is 5.23. The van der Waals surface area contributed by atoms with Gasteiger partial charge in [-0.1, -0.05) is 12.1 Å². The second-order valence-corrected chi connectivity index (χ2v) is 3.69. The molecule has 2 aromatic rings. The van der Waals surface area contributed by atoms with Gasteiger partial charge in [-0.2, -0.15) is 0 Å². The van der Waals surface area contributed by atoms with Gasteiger partial charge in [-0.3, -0.25) is 10.1 Å². The molecule has 0 saturated heterocycles. The summed E-state index contributed by atoms with van der Waals surface area (Å²) in [4.78, 5) is 10.6. The van der Waals surface area contributed by atoms with E-state index in [1.54, 1.807) is 24.3 Å². The van der Waals surface area contributed by atoms with E-state index in [9.17, 15) is 15.2 Å². The van der Waals surface area contributed by atoms with Crippen molar-refractivity contribution >= 4 is 5.69 Å². The molecule has 0 atom stereocenters. The molecule has 5 heteroatoms. The summed E-state index contributed by atoms with van der Waals surface area (Å²) in [6, 6.07) is 10.9. The van der Waals surface area contributed by atoms with Gasteiger partial charge in [0.2, 0.25) is 0 Å². The van der Waals surface area contributed by atoms with E-state index in [0.29, 0.717) is 16.9 Å². The molecule has 0 saturated carbocycles. The molecule has 0 aliphatic heterocycles. The number of hydrogen-bond acceptors (Lipinski definition) is 4. The van der Waals surface area contributed by atoms with Crippen molar-refractivity contribution in [3.8, 4) is 22.6 Å². The molecule has 0 radical (unpaired) electrons. The van der Waals surface area contributed by atoms with Gasteiger partial charge in [-0.15, -0.1) is 0 Å². The van der Waals surface area contributed by atoms with Gasteiger partial charge in [0.1, 0.15) is 11.5 Å². The van der Waals surface area contributed by atoms with Crippen molar-refractivity contribution in [2.45, 2.75) is 0 Å². The number of ether oxygens (including phenoxy) is 1. The minimum atomic E-state index is -0.454. The summed E-state index contributed by atoms with van der Waals surface area (Å²) in [6.07, 6.45) is 0. The van der Waals surface area contributed by atoms with E-state index in [1.807, 2.05) is 0 Å². The van der Waals surface area contributed by atoms with Crippen LogP contribution in [-0.4, -0.2) is 17.1 Å². The lowest BCUT2D eigenvalue weighted by molar-refractivity contribution is -0.384. The third-order valence-corrected chi connectivity index (χ3v) is 2.58. The van der Waals surface area contributed by atoms with Crippen LogP contribution < -0.4 is 4.74 Å². The Morgan fingerprint density at radius 3 is 2.39 bits per heavy atom. The minimum absolute atomic E-state index is 0.0277. The Balaban J connectivity index is 2.56. The number of hydrogen-bond donors (Lipinski definition) is 1. The summed E-state index contributed by atoms with van der Waals surface area (Å²) in [5, 5.41) is 20.2. The number of nitrogens with zero attached hydrogens (tertiary/aromatic N) is 1. The number of rotatable bonds is 3. The second kappa shape index (κ2) is 4.75. The Morgan fingerprint density at radius 1 is 1.17 bits per heavy atom. The predicted octanol–water partition coefficient (Wildman–Crippen LogP) is 2.98. The lowest BCUT2D eigenvalue weighted by atomic mass is 10.0. The summed E-state index contributed by atoms with van der Waals surface area (Å²) in [5.74, 6) is 0.555. The molecule has 0 spiro atoms. The van der Waals surface area contributed by atoms with Gasteiger partial charge in [-0.05, 0) is 29.8 Å². The highest BCUT2D eigenvalue weighted by Crippen LogP contribution is 2.33. The summed E-state index contributed by atoms with van der Waals surface area (Å²) in [7, 11) is 1.46. The molecule has 2 aromatic carbocycles. The molecule has 0 heterocycles. The van der Waals surface area contributed by atoms with Crippen LogP contribution in [0.5, 0.6) is 11.5 Å². The van der Waals surface area contributed by atoms with E-state index in [4.69, 9.17) is 4.74 Å². The molecule has 1 N–H and O–H groups in total. The number of phenols is 1. The third kappa shape index (κ3) is 2.24. The van der Waals surface area contributed by atoms with Crippen LogP contribution in [-0.2, 0) is 0 Å². The van der Waals surface area contributed by atoms with Gasteiger partial charge in [0.15, 0.2) is 0 Å². The molecular weight excluding hydrogens is 234 g/mol. The normalized spacial score (nSPS) is 10.1. The average Bonchev–Trinajstić information content (AvgIpc) is 2.39. The van der Waals surface area contributed by atoms with Crippen LogP contribution in [0.4, 0.5) is 5.69 Å². The van der Waals surface area contributed by atoms with E-state index in [-0.39, 0.29) is 11.4 Å². The summed E-state index contributed by atoms with van der Waals surface area (Å²) in [6.45, 7) is 0. The lowest BCUT2D eigenvalue weighted by Crippen LogP contribution is -1.93. The monoisotopic (exact) mass is 245 g/mol. The molecule has 0 amide bonds. The van der Waals surface area contributed by atoms with Crippen molar-refractivity contribution in [3.63, 3.8) is 0 Å². The molecule has 92 valence electrons. The standard InChI is InChI=1S/C13H11NO4/c1-18-11-6-7-12(13(8-11)14(16)17)9-2-4-10(15)5-3-9/h2-8,15H,1H3. The second-order valence-electron chi connectivity index (χ2n) is 3.69. The molecule has 0 aromatic heterocycles. The van der Waals surface area contributed by atoms with Crippen LogP contribution in [0.1, 0.15) is 0 Å². The fourth-order valence-electron chi connectivity index (χ4n) is 1.67. The van der Waals surface area contributed by atoms with Crippen molar-refractivity contribution < 1.29 is 14.8 Å². The van der Waals surface area contributed by atoms with Gasteiger partial charge in [0.25, 0.3) is 5.69 Å². The maximum atomic E-state index is 11.0. The molecule has 0 aliphatic carbocycles. The van der Waals surface area contributed by atoms with Crippen LogP contribution in [0.15, 0.2) is 42.5 Å². The Labute approximate surface area is 103 Å². The quantitative estimate of drug-likeness (QED) is 0.666. The Morgan fingerprint density at radius 2 is 1.83 bits per heavy atom. The first-order chi connectivity index (χ1) is 8.61. The number of methoxy groups -OCH3 is 1. The fraction of sp³-hybridized carbons (Fsp3) is 0.0769. The van der Waals surface area contributed by atoms with Crippen molar-refractivity contribution in [1.82, 2.24) is 0 Å². The Kier molecular flexibility index (Phi) is 3.14. The SMILES string of the molecule is COc1ccc(-c2ccc(O)cc2)c([N+](=O)[O-])c1. The highest BCUT2D eigenvalue weighted by atomic mass is 16.6. The number of nitro benzene ring substituents is 1. The molecule has 0 aliphatic rings. The Hall–Kier alpha value is -2.56. The number of phenolic OH excluding ortho intramolecular Hbond substituents is 1. The van der Waals surface area contributed by atoms with E-state index in [0.717, 1.165) is 0 Å². The van der Waals surface area contributed by atoms with Gasteiger partial charge in [0, 0.05) is 0 Å². The lowest BCUT2D eigenvalue weighted by Gasteiger charge is -2.05. The third-order valence-electron chi connectivity index (χ3n) is 2.58. The summed E-state index contributed by atoms with van der Waals surface area (Å²) >= 11 is 0. The van der Waals surface area contributed by atoms with E-state index in [2.05, 4.69) is 0 Å². The summed E-state index contributed by atoms with van der Waals surface area (Å²) < 4.78 is 4.97. The van der Waals surface area contributed by atoms with Crippen LogP contribution in [0.2, 0.25) is 0 Å². The molecular formula is C13H11NO4. The largest absolute Gasteiger partial charge is 0.508 e. The zero-order chi connectivity index (χ0) is 13.1. The maximum absolute atomic E-state index is 11.0. The molecule has 0 unspecified atom stereocenters. The molecule has 18 heavy (non-hydrogen) atoms. The first-order valence-corrected chi connectivity index (χ1v) is 5.23. The van der Waals surface area contributed by atoms with E-state index < -0.39 is 4.92 Å². The van der Waals surface area contributed by atoms with Crippen molar-refractivity contribution in [2.24, 2.45) is 0 Å². The topological polar surface area (TPSA) is 72.6 Å². The Bertz CT molecular complexity index is 578. The van der Waals surface area contributed by atoms with Gasteiger partial charge < -0.3 is 9.84 Å². The highest BCUT2D eigenvalue weighted by molar-refractivity contribution is 5.74. The molecule has 5 nitrogen and oxygen atoms in total. The number of nitro groups is 1. The van der Waals surface area contributed by atoms with Crippen molar-refractivity contribution in [1.29, 1.82) is 0 Å². The highest BCUT2D eigenvalue weighted by Gasteiger charge is 2.16. The first kappa shape index (κ1) is 11.9. The molecule has 2 rings (SSSR count). The average molecular weight is 245 g/mol. The van der Waals surface area contributed by atoms with Gasteiger partial charge in [-0.25, -0.2) is 0 Å². The molecule has 0 fully saturated rings.